The molecule has 5 heteroatoms. The van der Waals surface area contributed by atoms with Gasteiger partial charge in [0, 0.05) is 12.7 Å². The molecule has 1 aromatic heterocycles. The molecule has 0 atom stereocenters. The first kappa shape index (κ1) is 15.3. The molecule has 0 unspecified atom stereocenters. The highest BCUT2D eigenvalue weighted by molar-refractivity contribution is 6.61. The summed E-state index contributed by atoms with van der Waals surface area (Å²) in [4.78, 5) is 4.63. The zero-order chi connectivity index (χ0) is 16.0. The Morgan fingerprint density at radius 1 is 1.05 bits per heavy atom. The van der Waals surface area contributed by atoms with Crippen molar-refractivity contribution in [1.29, 1.82) is 0 Å². The number of aryl methyl sites for hydroxylation is 1. The summed E-state index contributed by atoms with van der Waals surface area (Å²) in [6.07, 6.45) is 2.03. The number of hydrogen-bond acceptors (Lipinski definition) is 3. The molecule has 3 rings (SSSR count). The Morgan fingerprint density at radius 2 is 1.64 bits per heavy atom. The number of nitrogens with zero attached hydrogens (tertiary/aromatic N) is 2. The van der Waals surface area contributed by atoms with E-state index in [9.17, 15) is 0 Å². The van der Waals surface area contributed by atoms with Crippen LogP contribution in [0.1, 0.15) is 39.1 Å². The van der Waals surface area contributed by atoms with Crippen LogP contribution in [0.3, 0.4) is 0 Å². The maximum atomic E-state index is 6.07. The maximum Gasteiger partial charge on any atom is 0.516 e. The Labute approximate surface area is 132 Å². The van der Waals surface area contributed by atoms with Gasteiger partial charge in [0.25, 0.3) is 0 Å². The Hall–Kier alpha value is -1.59. The van der Waals surface area contributed by atoms with Crippen molar-refractivity contribution in [3.63, 3.8) is 0 Å². The Morgan fingerprint density at radius 3 is 2.23 bits per heavy atom. The number of hydrogen-bond donors (Lipinski definition) is 0. The largest absolute Gasteiger partial charge is 0.516 e. The van der Waals surface area contributed by atoms with E-state index in [1.54, 1.807) is 0 Å². The molecule has 0 spiro atoms. The van der Waals surface area contributed by atoms with Crippen molar-refractivity contribution in [2.24, 2.45) is 0 Å². The molecule has 0 N–H and O–H groups in total. The molecule has 116 valence electrons. The Bertz CT molecular complexity index is 649. The lowest BCUT2D eigenvalue weighted by Gasteiger charge is -2.32. The van der Waals surface area contributed by atoms with E-state index in [-0.39, 0.29) is 11.2 Å². The minimum atomic E-state index is -0.402. The van der Waals surface area contributed by atoms with Crippen molar-refractivity contribution in [2.75, 3.05) is 0 Å². The average molecular weight is 298 g/mol. The van der Waals surface area contributed by atoms with Crippen LogP contribution in [0.2, 0.25) is 0 Å². The van der Waals surface area contributed by atoms with Crippen molar-refractivity contribution in [1.82, 2.24) is 9.55 Å². The molecule has 1 aromatic carbocycles. The number of rotatable bonds is 3. The Kier molecular flexibility index (Phi) is 3.65. The summed E-state index contributed by atoms with van der Waals surface area (Å²) in [5.74, 6) is 0.966. The van der Waals surface area contributed by atoms with Crippen LogP contribution in [-0.2, 0) is 15.9 Å². The fourth-order valence-corrected chi connectivity index (χ4v) is 2.55. The van der Waals surface area contributed by atoms with Crippen LogP contribution in [0, 0.1) is 6.92 Å². The van der Waals surface area contributed by atoms with Crippen LogP contribution >= 0.6 is 0 Å². The predicted octanol–water partition coefficient (Wildman–Crippen LogP) is 2.54. The number of aromatic nitrogens is 2. The molecule has 4 nitrogen and oxygen atoms in total. The van der Waals surface area contributed by atoms with E-state index in [4.69, 9.17) is 9.31 Å². The summed E-state index contributed by atoms with van der Waals surface area (Å²) in [6.45, 7) is 11.0. The highest BCUT2D eigenvalue weighted by atomic mass is 16.7. The first-order valence-electron chi connectivity index (χ1n) is 7.72. The van der Waals surface area contributed by atoms with Gasteiger partial charge in [0.2, 0.25) is 0 Å². The summed E-state index contributed by atoms with van der Waals surface area (Å²) in [5, 5.41) is 0. The molecule has 2 heterocycles. The second kappa shape index (κ2) is 5.25. The lowest BCUT2D eigenvalue weighted by atomic mass is 9.86. The van der Waals surface area contributed by atoms with E-state index in [2.05, 4.69) is 61.5 Å². The van der Waals surface area contributed by atoms with Gasteiger partial charge in [-0.25, -0.2) is 4.98 Å². The molecular weight excluding hydrogens is 275 g/mol. The van der Waals surface area contributed by atoms with Gasteiger partial charge >= 0.3 is 7.12 Å². The number of imidazole rings is 1. The summed E-state index contributed by atoms with van der Waals surface area (Å²) < 4.78 is 14.3. The maximum absolute atomic E-state index is 6.07. The standard InChI is InChI=1S/C17H23BN2O2/c1-13-19-15(18-21-16(2,3)17(4,5)22-18)12-20(13)11-14-9-7-6-8-10-14/h6-10,12H,11H2,1-5H3. The van der Waals surface area contributed by atoms with Gasteiger partial charge in [-0.05, 0) is 40.2 Å². The summed E-state index contributed by atoms with van der Waals surface area (Å²) in [6, 6.07) is 10.4. The molecule has 0 saturated carbocycles. The highest BCUT2D eigenvalue weighted by Crippen LogP contribution is 2.36. The third-order valence-corrected chi connectivity index (χ3v) is 4.69. The fourth-order valence-electron chi connectivity index (χ4n) is 2.55. The molecule has 1 aliphatic rings. The molecule has 1 fully saturated rings. The molecular formula is C17H23BN2O2. The molecule has 0 bridgehead atoms. The molecule has 1 aliphatic heterocycles. The Balaban J connectivity index is 1.82. The third kappa shape index (κ3) is 2.71. The van der Waals surface area contributed by atoms with Crippen molar-refractivity contribution in [3.8, 4) is 0 Å². The van der Waals surface area contributed by atoms with Crippen LogP contribution in [0.15, 0.2) is 36.5 Å². The molecule has 0 radical (unpaired) electrons. The van der Waals surface area contributed by atoms with Crippen molar-refractivity contribution in [3.05, 3.63) is 47.9 Å². The van der Waals surface area contributed by atoms with E-state index in [1.165, 1.54) is 5.56 Å². The first-order valence-corrected chi connectivity index (χ1v) is 7.72. The van der Waals surface area contributed by atoms with Gasteiger partial charge in [0.05, 0.1) is 16.8 Å². The summed E-state index contributed by atoms with van der Waals surface area (Å²) in [7, 11) is -0.402. The third-order valence-electron chi connectivity index (χ3n) is 4.69. The smallest absolute Gasteiger partial charge is 0.398 e. The summed E-state index contributed by atoms with van der Waals surface area (Å²) in [5.41, 5.74) is 1.42. The quantitative estimate of drug-likeness (QED) is 0.817. The molecule has 0 amide bonds. The molecule has 0 aliphatic carbocycles. The van der Waals surface area contributed by atoms with E-state index < -0.39 is 7.12 Å². The van der Waals surface area contributed by atoms with E-state index in [0.717, 1.165) is 18.0 Å². The van der Waals surface area contributed by atoms with Gasteiger partial charge in [-0.15, -0.1) is 0 Å². The normalized spacial score (nSPS) is 19.6. The van der Waals surface area contributed by atoms with Crippen LogP contribution in [0.5, 0.6) is 0 Å². The van der Waals surface area contributed by atoms with Gasteiger partial charge < -0.3 is 13.9 Å². The van der Waals surface area contributed by atoms with E-state index in [1.807, 2.05) is 19.2 Å². The topological polar surface area (TPSA) is 36.3 Å². The zero-order valence-electron chi connectivity index (χ0n) is 14.0. The van der Waals surface area contributed by atoms with Crippen LogP contribution in [0.4, 0.5) is 0 Å². The monoisotopic (exact) mass is 298 g/mol. The van der Waals surface area contributed by atoms with Gasteiger partial charge in [-0.2, -0.15) is 0 Å². The van der Waals surface area contributed by atoms with E-state index in [0.29, 0.717) is 0 Å². The molecule has 1 saturated heterocycles. The van der Waals surface area contributed by atoms with Crippen molar-refractivity contribution in [2.45, 2.75) is 52.4 Å². The zero-order valence-corrected chi connectivity index (χ0v) is 14.0. The highest BCUT2D eigenvalue weighted by Gasteiger charge is 2.52. The summed E-state index contributed by atoms with van der Waals surface area (Å²) >= 11 is 0. The van der Waals surface area contributed by atoms with Gasteiger partial charge in [-0.1, -0.05) is 30.3 Å². The predicted molar refractivity (Wildman–Crippen MR) is 88.2 cm³/mol. The minimum Gasteiger partial charge on any atom is -0.398 e. The van der Waals surface area contributed by atoms with Gasteiger partial charge in [0.15, 0.2) is 0 Å². The fraction of sp³-hybridized carbons (Fsp3) is 0.471. The van der Waals surface area contributed by atoms with Crippen LogP contribution in [-0.4, -0.2) is 27.9 Å². The first-order chi connectivity index (χ1) is 10.3. The lowest BCUT2D eigenvalue weighted by Crippen LogP contribution is -2.41. The number of benzene rings is 1. The second-order valence-electron chi connectivity index (χ2n) is 6.91. The average Bonchev–Trinajstić information content (AvgIpc) is 2.89. The van der Waals surface area contributed by atoms with Crippen LogP contribution < -0.4 is 5.59 Å². The van der Waals surface area contributed by atoms with Gasteiger partial charge in [0.1, 0.15) is 5.82 Å². The minimum absolute atomic E-state index is 0.339. The SMILES string of the molecule is Cc1nc(B2OC(C)(C)C(C)(C)O2)cn1Cc1ccccc1. The van der Waals surface area contributed by atoms with Crippen molar-refractivity contribution < 1.29 is 9.31 Å². The second-order valence-corrected chi connectivity index (χ2v) is 6.91. The molecule has 22 heavy (non-hydrogen) atoms. The lowest BCUT2D eigenvalue weighted by molar-refractivity contribution is 0.00578. The molecule has 2 aromatic rings. The van der Waals surface area contributed by atoms with Gasteiger partial charge in [-0.3, -0.25) is 0 Å². The van der Waals surface area contributed by atoms with Crippen molar-refractivity contribution >= 4 is 12.7 Å². The van der Waals surface area contributed by atoms with Crippen LogP contribution in [0.25, 0.3) is 0 Å². The van der Waals surface area contributed by atoms with E-state index >= 15 is 0 Å².